The molecule has 1 aromatic rings. The number of halogens is 2. The summed E-state index contributed by atoms with van der Waals surface area (Å²) in [5, 5.41) is 0. The van der Waals surface area contributed by atoms with E-state index in [4.69, 9.17) is 23.2 Å². The lowest BCUT2D eigenvalue weighted by Gasteiger charge is -2.15. The molecule has 84 valence electrons. The molecule has 0 N–H and O–H groups in total. The lowest BCUT2D eigenvalue weighted by Crippen LogP contribution is -2.26. The van der Waals surface area contributed by atoms with Crippen molar-refractivity contribution in [3.05, 3.63) is 35.4 Å². The van der Waals surface area contributed by atoms with Crippen LogP contribution in [0.5, 0.6) is 0 Å². The number of aliphatic imine (C=N–C) groups is 2. The summed E-state index contributed by atoms with van der Waals surface area (Å²) in [5.41, 5.74) is 2.46. The number of rotatable bonds is 3. The second kappa shape index (κ2) is 4.56. The fourth-order valence-corrected chi connectivity index (χ4v) is 2.03. The van der Waals surface area contributed by atoms with E-state index in [0.717, 1.165) is 11.3 Å². The summed E-state index contributed by atoms with van der Waals surface area (Å²) >= 11 is 11.7. The van der Waals surface area contributed by atoms with Crippen molar-refractivity contribution in [2.24, 2.45) is 9.98 Å². The van der Waals surface area contributed by atoms with Crippen LogP contribution in [0.1, 0.15) is 11.1 Å². The van der Waals surface area contributed by atoms with Crippen molar-refractivity contribution in [2.75, 3.05) is 11.8 Å². The molecule has 1 heterocycles. The van der Waals surface area contributed by atoms with Crippen molar-refractivity contribution in [1.29, 1.82) is 0 Å². The largest absolute Gasteiger partial charge is 0.259 e. The number of hydrogen-bond donors (Lipinski definition) is 0. The van der Waals surface area contributed by atoms with Crippen molar-refractivity contribution in [3.63, 3.8) is 0 Å². The summed E-state index contributed by atoms with van der Waals surface area (Å²) < 4.78 is 0. The predicted octanol–water partition coefficient (Wildman–Crippen LogP) is 3.04. The van der Waals surface area contributed by atoms with Gasteiger partial charge in [0.05, 0.1) is 23.7 Å². The number of hydrogen-bond acceptors (Lipinski definition) is 2. The maximum atomic E-state index is 5.84. The predicted molar refractivity (Wildman–Crippen MR) is 70.4 cm³/mol. The highest BCUT2D eigenvalue weighted by atomic mass is 35.5. The normalized spacial score (nSPS) is 17.6. The third kappa shape index (κ3) is 2.13. The van der Waals surface area contributed by atoms with Gasteiger partial charge in [0, 0.05) is 5.56 Å². The van der Waals surface area contributed by atoms with E-state index in [1.54, 1.807) is 6.21 Å². The second-order valence-corrected chi connectivity index (χ2v) is 4.41. The molecular weight excluding hydrogens is 243 g/mol. The molecule has 16 heavy (non-hydrogen) atoms. The van der Waals surface area contributed by atoms with E-state index < -0.39 is 5.66 Å². The molecule has 0 spiro atoms. The van der Waals surface area contributed by atoms with E-state index in [0.29, 0.717) is 11.8 Å². The summed E-state index contributed by atoms with van der Waals surface area (Å²) in [4.78, 5) is 8.78. The van der Waals surface area contributed by atoms with E-state index in [2.05, 4.69) is 16.9 Å². The molecule has 0 aliphatic carbocycles. The molecule has 2 rings (SSSR count). The summed E-state index contributed by atoms with van der Waals surface area (Å²) in [6.07, 6.45) is 1.75. The van der Waals surface area contributed by atoms with E-state index >= 15 is 0 Å². The fourth-order valence-electron chi connectivity index (χ4n) is 1.49. The first-order valence-electron chi connectivity index (χ1n) is 5.03. The number of aryl methyl sites for hydroxylation is 1. The molecular formula is C12H12Cl2N2. The minimum Gasteiger partial charge on any atom is -0.259 e. The Morgan fingerprint density at radius 2 is 1.75 bits per heavy atom. The van der Waals surface area contributed by atoms with Crippen LogP contribution in [0.3, 0.4) is 0 Å². The summed E-state index contributed by atoms with van der Waals surface area (Å²) in [6.45, 7) is 2.05. The maximum Gasteiger partial charge on any atom is 0.177 e. The van der Waals surface area contributed by atoms with Crippen LogP contribution < -0.4 is 0 Å². The Morgan fingerprint density at radius 3 is 2.25 bits per heavy atom. The standard InChI is InChI=1S/C12H12Cl2N2/c1-9-2-4-10(5-3-9)11-6-15-12(7-13,8-14)16-11/h2-6H,7-8H2,1H3. The Hall–Kier alpha value is -0.860. The molecule has 1 aliphatic heterocycles. The van der Waals surface area contributed by atoms with Gasteiger partial charge in [0.25, 0.3) is 0 Å². The van der Waals surface area contributed by atoms with Gasteiger partial charge < -0.3 is 0 Å². The summed E-state index contributed by atoms with van der Waals surface area (Å²) in [7, 11) is 0. The lowest BCUT2D eigenvalue weighted by molar-refractivity contribution is 0.582. The van der Waals surface area contributed by atoms with Crippen LogP contribution in [-0.2, 0) is 0 Å². The minimum absolute atomic E-state index is 0.308. The summed E-state index contributed by atoms with van der Waals surface area (Å²) in [5.74, 6) is 0.616. The van der Waals surface area contributed by atoms with Crippen LogP contribution in [0.25, 0.3) is 0 Å². The molecule has 0 atom stereocenters. The fraction of sp³-hybridized carbons (Fsp3) is 0.333. The summed E-state index contributed by atoms with van der Waals surface area (Å²) in [6, 6.07) is 8.15. The Balaban J connectivity index is 2.31. The van der Waals surface area contributed by atoms with E-state index in [1.807, 2.05) is 24.3 Å². The minimum atomic E-state index is -0.663. The Bertz CT molecular complexity index is 431. The molecule has 0 amide bonds. The number of benzene rings is 1. The van der Waals surface area contributed by atoms with Gasteiger partial charge >= 0.3 is 0 Å². The first kappa shape index (κ1) is 11.6. The van der Waals surface area contributed by atoms with Crippen molar-refractivity contribution in [1.82, 2.24) is 0 Å². The van der Waals surface area contributed by atoms with Gasteiger partial charge in [-0.15, -0.1) is 23.2 Å². The van der Waals surface area contributed by atoms with Gasteiger partial charge in [-0.3, -0.25) is 9.98 Å². The van der Waals surface area contributed by atoms with Crippen LogP contribution >= 0.6 is 23.2 Å². The molecule has 0 saturated carbocycles. The van der Waals surface area contributed by atoms with Crippen LogP contribution in [0, 0.1) is 6.92 Å². The SMILES string of the molecule is Cc1ccc(C2=NC(CCl)(CCl)N=C2)cc1. The molecule has 0 unspecified atom stereocenters. The number of alkyl halides is 2. The first-order chi connectivity index (χ1) is 7.69. The van der Waals surface area contributed by atoms with Gasteiger partial charge in [-0.25, -0.2) is 0 Å². The molecule has 4 heteroatoms. The molecule has 0 saturated heterocycles. The monoisotopic (exact) mass is 254 g/mol. The average molecular weight is 255 g/mol. The van der Waals surface area contributed by atoms with Crippen LogP contribution in [0.2, 0.25) is 0 Å². The van der Waals surface area contributed by atoms with Crippen molar-refractivity contribution >= 4 is 35.1 Å². The second-order valence-electron chi connectivity index (χ2n) is 3.87. The van der Waals surface area contributed by atoms with Crippen molar-refractivity contribution in [3.8, 4) is 0 Å². The third-order valence-electron chi connectivity index (χ3n) is 2.53. The Kier molecular flexibility index (Phi) is 3.31. The number of nitrogens with zero attached hydrogens (tertiary/aromatic N) is 2. The van der Waals surface area contributed by atoms with Crippen LogP contribution in [-0.4, -0.2) is 29.3 Å². The molecule has 0 radical (unpaired) electrons. The smallest absolute Gasteiger partial charge is 0.177 e. The quantitative estimate of drug-likeness (QED) is 0.741. The molecule has 2 nitrogen and oxygen atoms in total. The van der Waals surface area contributed by atoms with E-state index in [9.17, 15) is 0 Å². The van der Waals surface area contributed by atoms with Gasteiger partial charge in [-0.1, -0.05) is 29.8 Å². The molecule has 1 aliphatic rings. The zero-order chi connectivity index (χ0) is 11.6. The molecule has 0 fully saturated rings. The van der Waals surface area contributed by atoms with Gasteiger partial charge in [-0.05, 0) is 6.92 Å². The highest BCUT2D eigenvalue weighted by Crippen LogP contribution is 2.23. The first-order valence-corrected chi connectivity index (χ1v) is 6.10. The van der Waals surface area contributed by atoms with E-state index in [-0.39, 0.29) is 0 Å². The maximum absolute atomic E-state index is 5.84. The van der Waals surface area contributed by atoms with Gasteiger partial charge in [-0.2, -0.15) is 0 Å². The lowest BCUT2D eigenvalue weighted by atomic mass is 10.1. The third-order valence-corrected chi connectivity index (χ3v) is 3.39. The van der Waals surface area contributed by atoms with Gasteiger partial charge in [0.1, 0.15) is 0 Å². The topological polar surface area (TPSA) is 24.7 Å². The van der Waals surface area contributed by atoms with Gasteiger partial charge in [0.2, 0.25) is 0 Å². The Morgan fingerprint density at radius 1 is 1.12 bits per heavy atom. The zero-order valence-electron chi connectivity index (χ0n) is 8.95. The van der Waals surface area contributed by atoms with Gasteiger partial charge in [0.15, 0.2) is 5.66 Å². The van der Waals surface area contributed by atoms with Crippen LogP contribution in [0.4, 0.5) is 0 Å². The van der Waals surface area contributed by atoms with Crippen molar-refractivity contribution in [2.45, 2.75) is 12.6 Å². The van der Waals surface area contributed by atoms with E-state index in [1.165, 1.54) is 5.56 Å². The van der Waals surface area contributed by atoms with Crippen molar-refractivity contribution < 1.29 is 0 Å². The highest BCUT2D eigenvalue weighted by molar-refractivity contribution is 6.40. The average Bonchev–Trinajstić information content (AvgIpc) is 2.75. The molecule has 0 bridgehead atoms. The zero-order valence-corrected chi connectivity index (χ0v) is 10.5. The molecule has 0 aromatic heterocycles. The van der Waals surface area contributed by atoms with Crippen LogP contribution in [0.15, 0.2) is 34.3 Å². The Labute approximate surface area is 105 Å². The molecule has 1 aromatic carbocycles. The highest BCUT2D eigenvalue weighted by Gasteiger charge is 2.30.